The Hall–Kier alpha value is -1.34. The summed E-state index contributed by atoms with van der Waals surface area (Å²) in [5.41, 5.74) is 0. The highest BCUT2D eigenvalue weighted by Crippen LogP contribution is 1.99. The molecular weight excluding hydrogens is 262 g/mol. The molecule has 1 rings (SSSR count). The van der Waals surface area contributed by atoms with Gasteiger partial charge in [0, 0.05) is 33.2 Å². The van der Waals surface area contributed by atoms with E-state index in [0.717, 1.165) is 39.3 Å². The first-order valence-corrected chi connectivity index (χ1v) is 7.02. The Bertz CT molecular complexity index is 319. The van der Waals surface area contributed by atoms with Gasteiger partial charge in [-0.2, -0.15) is 0 Å². The highest BCUT2D eigenvalue weighted by molar-refractivity contribution is 5.75. The molecule has 0 aromatic carbocycles. The molecule has 1 saturated heterocycles. The zero-order valence-corrected chi connectivity index (χ0v) is 12.3. The Morgan fingerprint density at radius 2 is 2.05 bits per heavy atom. The van der Waals surface area contributed by atoms with Crippen molar-refractivity contribution in [1.82, 2.24) is 15.1 Å². The zero-order valence-electron chi connectivity index (χ0n) is 12.3. The maximum Gasteiger partial charge on any atom is 0.317 e. The van der Waals surface area contributed by atoms with Gasteiger partial charge in [-0.25, -0.2) is 4.79 Å². The van der Waals surface area contributed by atoms with Crippen LogP contribution in [0.15, 0.2) is 0 Å². The van der Waals surface area contributed by atoms with E-state index in [4.69, 9.17) is 9.84 Å². The van der Waals surface area contributed by atoms with Gasteiger partial charge < -0.3 is 20.1 Å². The minimum Gasteiger partial charge on any atom is -0.481 e. The molecule has 0 aliphatic carbocycles. The molecule has 2 amide bonds. The van der Waals surface area contributed by atoms with Crippen molar-refractivity contribution in [2.75, 3.05) is 53.0 Å². The normalized spacial score (nSPS) is 17.5. The summed E-state index contributed by atoms with van der Waals surface area (Å²) >= 11 is 0. The number of rotatable bonds is 7. The lowest BCUT2D eigenvalue weighted by atomic mass is 10.2. The lowest BCUT2D eigenvalue weighted by molar-refractivity contribution is -0.141. The van der Waals surface area contributed by atoms with Gasteiger partial charge >= 0.3 is 12.0 Å². The molecule has 116 valence electrons. The molecule has 20 heavy (non-hydrogen) atoms. The molecule has 1 fully saturated rings. The van der Waals surface area contributed by atoms with Crippen LogP contribution >= 0.6 is 0 Å². The van der Waals surface area contributed by atoms with Gasteiger partial charge in [-0.1, -0.05) is 6.92 Å². The highest BCUT2D eigenvalue weighted by Gasteiger charge is 2.17. The van der Waals surface area contributed by atoms with Crippen LogP contribution in [0.5, 0.6) is 0 Å². The van der Waals surface area contributed by atoms with Crippen molar-refractivity contribution in [3.05, 3.63) is 0 Å². The van der Waals surface area contributed by atoms with Gasteiger partial charge in [-0.15, -0.1) is 0 Å². The van der Waals surface area contributed by atoms with E-state index in [-0.39, 0.29) is 12.6 Å². The monoisotopic (exact) mass is 287 g/mol. The Kier molecular flexibility index (Phi) is 7.32. The molecule has 2 N–H and O–H groups in total. The SMILES string of the molecule is CC(CN(C)C(=O)NCCCN1CCOCC1)C(=O)O. The van der Waals surface area contributed by atoms with Crippen LogP contribution in [0.1, 0.15) is 13.3 Å². The Balaban J connectivity index is 2.10. The summed E-state index contributed by atoms with van der Waals surface area (Å²) in [5, 5.41) is 11.6. The number of hydrogen-bond acceptors (Lipinski definition) is 4. The molecule has 0 bridgehead atoms. The van der Waals surface area contributed by atoms with E-state index >= 15 is 0 Å². The first kappa shape index (κ1) is 16.7. The summed E-state index contributed by atoms with van der Waals surface area (Å²) < 4.78 is 5.27. The number of aliphatic carboxylic acids is 1. The van der Waals surface area contributed by atoms with E-state index in [9.17, 15) is 9.59 Å². The average molecular weight is 287 g/mol. The first-order chi connectivity index (χ1) is 9.50. The Morgan fingerprint density at radius 1 is 1.40 bits per heavy atom. The second kappa shape index (κ2) is 8.76. The number of carbonyl (C=O) groups is 2. The number of amides is 2. The number of morpholine rings is 1. The quantitative estimate of drug-likeness (QED) is 0.648. The molecule has 0 radical (unpaired) electrons. The van der Waals surface area contributed by atoms with Gasteiger partial charge in [0.15, 0.2) is 0 Å². The van der Waals surface area contributed by atoms with Crippen LogP contribution in [-0.2, 0) is 9.53 Å². The van der Waals surface area contributed by atoms with Crippen molar-refractivity contribution in [3.8, 4) is 0 Å². The van der Waals surface area contributed by atoms with Crippen molar-refractivity contribution < 1.29 is 19.4 Å². The summed E-state index contributed by atoms with van der Waals surface area (Å²) in [6.07, 6.45) is 0.883. The number of nitrogens with zero attached hydrogens (tertiary/aromatic N) is 2. The van der Waals surface area contributed by atoms with Gasteiger partial charge in [-0.3, -0.25) is 9.69 Å². The van der Waals surface area contributed by atoms with Crippen LogP contribution in [0, 0.1) is 5.92 Å². The van der Waals surface area contributed by atoms with Crippen molar-refractivity contribution in [2.45, 2.75) is 13.3 Å². The number of carboxylic acids is 1. The second-order valence-corrected chi connectivity index (χ2v) is 5.16. The third kappa shape index (κ3) is 6.21. The Morgan fingerprint density at radius 3 is 2.65 bits per heavy atom. The van der Waals surface area contributed by atoms with Crippen molar-refractivity contribution in [2.24, 2.45) is 5.92 Å². The zero-order chi connectivity index (χ0) is 15.0. The average Bonchev–Trinajstić information content (AvgIpc) is 2.44. The van der Waals surface area contributed by atoms with Crippen molar-refractivity contribution in [1.29, 1.82) is 0 Å². The van der Waals surface area contributed by atoms with Gasteiger partial charge in [0.25, 0.3) is 0 Å². The van der Waals surface area contributed by atoms with Gasteiger partial charge in [0.2, 0.25) is 0 Å². The fourth-order valence-corrected chi connectivity index (χ4v) is 2.03. The lowest BCUT2D eigenvalue weighted by Crippen LogP contribution is -2.42. The number of carbonyl (C=O) groups excluding carboxylic acids is 1. The fraction of sp³-hybridized carbons (Fsp3) is 0.846. The molecule has 1 aliphatic rings. The second-order valence-electron chi connectivity index (χ2n) is 5.16. The molecule has 0 aromatic rings. The van der Waals surface area contributed by atoms with E-state index in [2.05, 4.69) is 10.2 Å². The number of hydrogen-bond donors (Lipinski definition) is 2. The van der Waals surface area contributed by atoms with Crippen LogP contribution in [0.4, 0.5) is 4.79 Å². The number of ether oxygens (including phenoxy) is 1. The summed E-state index contributed by atoms with van der Waals surface area (Å²) in [6, 6.07) is -0.222. The predicted molar refractivity (Wildman–Crippen MR) is 74.7 cm³/mol. The third-order valence-corrected chi connectivity index (χ3v) is 3.35. The van der Waals surface area contributed by atoms with Gasteiger partial charge in [0.1, 0.15) is 0 Å². The molecule has 1 unspecified atom stereocenters. The standard InChI is InChI=1S/C13H25N3O4/c1-11(12(17)18)10-15(2)13(19)14-4-3-5-16-6-8-20-9-7-16/h11H,3-10H2,1-2H3,(H,14,19)(H,17,18). The predicted octanol–water partition coefficient (Wildman–Crippen LogP) is 0.0708. The molecule has 1 heterocycles. The summed E-state index contributed by atoms with van der Waals surface area (Å²) in [5.74, 6) is -1.45. The van der Waals surface area contributed by atoms with Gasteiger partial charge in [0.05, 0.1) is 19.1 Å². The molecule has 7 heteroatoms. The van der Waals surface area contributed by atoms with Crippen molar-refractivity contribution in [3.63, 3.8) is 0 Å². The van der Waals surface area contributed by atoms with E-state index in [1.54, 1.807) is 14.0 Å². The molecule has 0 saturated carbocycles. The molecule has 0 aromatic heterocycles. The van der Waals surface area contributed by atoms with E-state index < -0.39 is 11.9 Å². The number of urea groups is 1. The first-order valence-electron chi connectivity index (χ1n) is 7.02. The molecule has 0 spiro atoms. The van der Waals surface area contributed by atoms with E-state index in [1.807, 2.05) is 0 Å². The highest BCUT2D eigenvalue weighted by atomic mass is 16.5. The molecular formula is C13H25N3O4. The lowest BCUT2D eigenvalue weighted by Gasteiger charge is -2.26. The largest absolute Gasteiger partial charge is 0.481 e. The van der Waals surface area contributed by atoms with Crippen LogP contribution in [-0.4, -0.2) is 79.9 Å². The number of carboxylic acid groups (broad SMARTS) is 1. The molecule has 1 aliphatic heterocycles. The topological polar surface area (TPSA) is 82.1 Å². The molecule has 7 nitrogen and oxygen atoms in total. The summed E-state index contributed by atoms with van der Waals surface area (Å²) in [7, 11) is 1.61. The fourth-order valence-electron chi connectivity index (χ4n) is 2.03. The van der Waals surface area contributed by atoms with Crippen LogP contribution in [0.25, 0.3) is 0 Å². The van der Waals surface area contributed by atoms with Crippen LogP contribution < -0.4 is 5.32 Å². The van der Waals surface area contributed by atoms with Gasteiger partial charge in [-0.05, 0) is 13.0 Å². The smallest absolute Gasteiger partial charge is 0.317 e. The number of nitrogens with one attached hydrogen (secondary N) is 1. The van der Waals surface area contributed by atoms with E-state index in [0.29, 0.717) is 6.54 Å². The van der Waals surface area contributed by atoms with E-state index in [1.165, 1.54) is 4.90 Å². The Labute approximate surface area is 119 Å². The summed E-state index contributed by atoms with van der Waals surface area (Å²) in [4.78, 5) is 26.2. The minimum absolute atomic E-state index is 0.213. The maximum atomic E-state index is 11.7. The van der Waals surface area contributed by atoms with Crippen LogP contribution in [0.3, 0.4) is 0 Å². The third-order valence-electron chi connectivity index (χ3n) is 3.35. The maximum absolute atomic E-state index is 11.7. The van der Waals surface area contributed by atoms with Crippen molar-refractivity contribution >= 4 is 12.0 Å². The van der Waals surface area contributed by atoms with Crippen LogP contribution in [0.2, 0.25) is 0 Å². The minimum atomic E-state index is -0.892. The summed E-state index contributed by atoms with van der Waals surface area (Å²) in [6.45, 7) is 6.80. The molecule has 1 atom stereocenters.